The van der Waals surface area contributed by atoms with Crippen LogP contribution in [0, 0.1) is 0 Å². The predicted octanol–water partition coefficient (Wildman–Crippen LogP) is 2.40. The maximum Gasteiger partial charge on any atom is 0.287 e. The highest BCUT2D eigenvalue weighted by molar-refractivity contribution is 6.05. The average molecular weight is 354 g/mol. The van der Waals surface area contributed by atoms with E-state index in [9.17, 15) is 9.59 Å². The number of ether oxygens (including phenoxy) is 1. The smallest absolute Gasteiger partial charge is 0.287 e. The minimum atomic E-state index is -0.316. The first kappa shape index (κ1) is 17.7. The Hall–Kier alpha value is -3.09. The summed E-state index contributed by atoms with van der Waals surface area (Å²) in [5, 5.41) is 5.56. The van der Waals surface area contributed by atoms with E-state index in [1.165, 1.54) is 0 Å². The van der Waals surface area contributed by atoms with Gasteiger partial charge in [-0.25, -0.2) is 4.98 Å². The van der Waals surface area contributed by atoms with Crippen molar-refractivity contribution < 1.29 is 14.3 Å². The summed E-state index contributed by atoms with van der Waals surface area (Å²) in [5.74, 6) is 0.380. The molecule has 1 aromatic carbocycles. The van der Waals surface area contributed by atoms with E-state index >= 15 is 0 Å². The highest BCUT2D eigenvalue weighted by Crippen LogP contribution is 2.23. The molecule has 1 aliphatic heterocycles. The van der Waals surface area contributed by atoms with Crippen molar-refractivity contribution in [2.45, 2.75) is 25.8 Å². The second-order valence-electron chi connectivity index (χ2n) is 6.02. The standard InChI is InChI=1S/C19H22N4O3/c1-3-11-20-19(25)17-22-16(15-6-4-5-12-23(15)17)18(24)21-13-7-9-14(26-2)10-8-13/h3,7-10H,1,4-6,11-12H2,2H3,(H,20,25)(H,21,24). The van der Waals surface area contributed by atoms with Crippen molar-refractivity contribution in [3.8, 4) is 5.75 Å². The van der Waals surface area contributed by atoms with E-state index in [1.54, 1.807) is 37.5 Å². The van der Waals surface area contributed by atoms with Crippen molar-refractivity contribution in [2.24, 2.45) is 0 Å². The molecule has 0 aliphatic carbocycles. The first-order valence-corrected chi connectivity index (χ1v) is 8.58. The molecule has 2 heterocycles. The van der Waals surface area contributed by atoms with E-state index in [2.05, 4.69) is 22.2 Å². The summed E-state index contributed by atoms with van der Waals surface area (Å²) in [6, 6.07) is 7.06. The molecule has 26 heavy (non-hydrogen) atoms. The lowest BCUT2D eigenvalue weighted by atomic mass is 10.1. The number of carbonyl (C=O) groups is 2. The van der Waals surface area contributed by atoms with Crippen LogP contribution in [0.4, 0.5) is 5.69 Å². The fourth-order valence-electron chi connectivity index (χ4n) is 3.01. The Balaban J connectivity index is 1.86. The van der Waals surface area contributed by atoms with Gasteiger partial charge in [0.15, 0.2) is 11.5 Å². The van der Waals surface area contributed by atoms with Crippen molar-refractivity contribution in [3.63, 3.8) is 0 Å². The van der Waals surface area contributed by atoms with Crippen molar-refractivity contribution >= 4 is 17.5 Å². The van der Waals surface area contributed by atoms with Crippen molar-refractivity contribution in [1.29, 1.82) is 0 Å². The Morgan fingerprint density at radius 1 is 1.27 bits per heavy atom. The summed E-state index contributed by atoms with van der Waals surface area (Å²) in [5.41, 5.74) is 1.77. The van der Waals surface area contributed by atoms with Crippen molar-refractivity contribution in [3.05, 3.63) is 54.1 Å². The quantitative estimate of drug-likeness (QED) is 0.780. The van der Waals surface area contributed by atoms with Gasteiger partial charge in [-0.05, 0) is 43.5 Å². The molecule has 0 atom stereocenters. The highest BCUT2D eigenvalue weighted by Gasteiger charge is 2.27. The Morgan fingerprint density at radius 3 is 2.73 bits per heavy atom. The SMILES string of the molecule is C=CCNC(=O)c1nc(C(=O)Nc2ccc(OC)cc2)c2n1CCCC2. The number of hydrogen-bond acceptors (Lipinski definition) is 4. The molecule has 0 saturated carbocycles. The molecule has 0 unspecified atom stereocenters. The zero-order valence-electron chi connectivity index (χ0n) is 14.7. The number of carbonyl (C=O) groups excluding carboxylic acids is 2. The number of benzene rings is 1. The molecule has 2 aromatic rings. The summed E-state index contributed by atoms with van der Waals surface area (Å²) < 4.78 is 6.97. The number of nitrogens with one attached hydrogen (secondary N) is 2. The zero-order valence-corrected chi connectivity index (χ0v) is 14.7. The maximum absolute atomic E-state index is 12.7. The number of rotatable bonds is 6. The molecule has 1 aliphatic rings. The first-order chi connectivity index (χ1) is 12.6. The van der Waals surface area contributed by atoms with Crippen molar-refractivity contribution in [2.75, 3.05) is 19.0 Å². The van der Waals surface area contributed by atoms with Gasteiger partial charge in [-0.15, -0.1) is 6.58 Å². The van der Waals surface area contributed by atoms with Crippen LogP contribution >= 0.6 is 0 Å². The minimum absolute atomic E-state index is 0.279. The number of nitrogens with zero attached hydrogens (tertiary/aromatic N) is 2. The van der Waals surface area contributed by atoms with E-state index in [4.69, 9.17) is 4.74 Å². The fourth-order valence-corrected chi connectivity index (χ4v) is 3.01. The van der Waals surface area contributed by atoms with E-state index in [1.807, 2.05) is 4.57 Å². The van der Waals surface area contributed by atoms with Gasteiger partial charge in [0, 0.05) is 18.8 Å². The number of amides is 2. The van der Waals surface area contributed by atoms with Gasteiger partial charge in [-0.3, -0.25) is 9.59 Å². The molecular formula is C19H22N4O3. The molecule has 0 saturated heterocycles. The topological polar surface area (TPSA) is 85.2 Å². The molecule has 136 valence electrons. The van der Waals surface area contributed by atoms with E-state index in [0.717, 1.165) is 25.0 Å². The summed E-state index contributed by atoms with van der Waals surface area (Å²) in [6.07, 6.45) is 4.27. The molecule has 0 bridgehead atoms. The van der Waals surface area contributed by atoms with Crippen LogP contribution in [-0.4, -0.2) is 35.0 Å². The largest absolute Gasteiger partial charge is 0.497 e. The van der Waals surface area contributed by atoms with Gasteiger partial charge < -0.3 is 19.9 Å². The second kappa shape index (κ2) is 7.86. The number of methoxy groups -OCH3 is 1. The van der Waals surface area contributed by atoms with Crippen LogP contribution in [0.2, 0.25) is 0 Å². The summed E-state index contributed by atoms with van der Waals surface area (Å²) in [7, 11) is 1.59. The van der Waals surface area contributed by atoms with Gasteiger partial charge in [-0.2, -0.15) is 0 Å². The number of anilines is 1. The Labute approximate surface area is 152 Å². The zero-order chi connectivity index (χ0) is 18.5. The third kappa shape index (κ3) is 3.61. The average Bonchev–Trinajstić information content (AvgIpc) is 3.06. The monoisotopic (exact) mass is 354 g/mol. The second-order valence-corrected chi connectivity index (χ2v) is 6.02. The van der Waals surface area contributed by atoms with Crippen molar-refractivity contribution in [1.82, 2.24) is 14.9 Å². The lowest BCUT2D eigenvalue weighted by Gasteiger charge is -2.17. The summed E-state index contributed by atoms with van der Waals surface area (Å²) >= 11 is 0. The van der Waals surface area contributed by atoms with Crippen LogP contribution in [0.25, 0.3) is 0 Å². The molecule has 7 heteroatoms. The molecule has 2 N–H and O–H groups in total. The van der Waals surface area contributed by atoms with Crippen LogP contribution < -0.4 is 15.4 Å². The minimum Gasteiger partial charge on any atom is -0.497 e. The number of hydrogen-bond donors (Lipinski definition) is 2. The normalized spacial score (nSPS) is 12.8. The predicted molar refractivity (Wildman–Crippen MR) is 98.6 cm³/mol. The van der Waals surface area contributed by atoms with Gasteiger partial charge in [0.2, 0.25) is 0 Å². The Morgan fingerprint density at radius 2 is 2.04 bits per heavy atom. The van der Waals surface area contributed by atoms with Gasteiger partial charge in [0.1, 0.15) is 5.75 Å². The van der Waals surface area contributed by atoms with Gasteiger partial charge >= 0.3 is 0 Å². The summed E-state index contributed by atoms with van der Waals surface area (Å²) in [4.78, 5) is 29.4. The molecule has 0 fully saturated rings. The molecule has 7 nitrogen and oxygen atoms in total. The highest BCUT2D eigenvalue weighted by atomic mass is 16.5. The first-order valence-electron chi connectivity index (χ1n) is 8.58. The molecule has 2 amide bonds. The molecule has 0 spiro atoms. The fraction of sp³-hybridized carbons (Fsp3) is 0.316. The third-order valence-corrected chi connectivity index (χ3v) is 4.29. The van der Waals surface area contributed by atoms with Gasteiger partial charge in [-0.1, -0.05) is 6.08 Å². The number of imidazole rings is 1. The molecular weight excluding hydrogens is 332 g/mol. The van der Waals surface area contributed by atoms with Crippen LogP contribution in [0.15, 0.2) is 36.9 Å². The van der Waals surface area contributed by atoms with E-state index < -0.39 is 0 Å². The van der Waals surface area contributed by atoms with E-state index in [0.29, 0.717) is 30.2 Å². The van der Waals surface area contributed by atoms with Crippen LogP contribution in [0.3, 0.4) is 0 Å². The number of aromatic nitrogens is 2. The molecule has 1 aromatic heterocycles. The lowest BCUT2D eigenvalue weighted by molar-refractivity contribution is 0.0942. The lowest BCUT2D eigenvalue weighted by Crippen LogP contribution is -2.28. The molecule has 0 radical (unpaired) electrons. The Bertz CT molecular complexity index is 824. The summed E-state index contributed by atoms with van der Waals surface area (Å²) in [6.45, 7) is 4.64. The third-order valence-electron chi connectivity index (χ3n) is 4.29. The Kier molecular flexibility index (Phi) is 5.36. The number of fused-ring (bicyclic) bond motifs is 1. The molecule has 3 rings (SSSR count). The van der Waals surface area contributed by atoms with Crippen LogP contribution in [0.1, 0.15) is 39.6 Å². The van der Waals surface area contributed by atoms with Crippen LogP contribution in [0.5, 0.6) is 5.75 Å². The van der Waals surface area contributed by atoms with Crippen LogP contribution in [-0.2, 0) is 13.0 Å². The van der Waals surface area contributed by atoms with E-state index in [-0.39, 0.29) is 17.6 Å². The van der Waals surface area contributed by atoms with Gasteiger partial charge in [0.25, 0.3) is 11.8 Å². The maximum atomic E-state index is 12.7. The van der Waals surface area contributed by atoms with Gasteiger partial charge in [0.05, 0.1) is 12.8 Å².